The van der Waals surface area contributed by atoms with E-state index in [9.17, 15) is 4.79 Å². The lowest BCUT2D eigenvalue weighted by Crippen LogP contribution is -2.23. The minimum absolute atomic E-state index is 0.0111. The van der Waals surface area contributed by atoms with Crippen LogP contribution in [0, 0.1) is 0 Å². The number of benzene rings is 1. The number of nitrogen functional groups attached to an aromatic ring is 1. The summed E-state index contributed by atoms with van der Waals surface area (Å²) in [6.07, 6.45) is 1.81. The van der Waals surface area contributed by atoms with Gasteiger partial charge in [-0.25, -0.2) is 0 Å². The molecule has 4 heteroatoms. The van der Waals surface area contributed by atoms with Gasteiger partial charge in [-0.1, -0.05) is 18.2 Å². The first-order valence-electron chi connectivity index (χ1n) is 6.11. The Labute approximate surface area is 106 Å². The molecule has 18 heavy (non-hydrogen) atoms. The molecule has 2 aromatic rings. The monoisotopic (exact) mass is 246 g/mol. The van der Waals surface area contributed by atoms with Gasteiger partial charge in [-0.05, 0) is 30.4 Å². The van der Waals surface area contributed by atoms with Crippen molar-refractivity contribution in [3.05, 3.63) is 40.7 Å². The van der Waals surface area contributed by atoms with Crippen molar-refractivity contribution < 1.29 is 4.74 Å². The van der Waals surface area contributed by atoms with E-state index in [1.807, 2.05) is 30.3 Å². The lowest BCUT2D eigenvalue weighted by atomic mass is 10.1. The van der Waals surface area contributed by atoms with E-state index in [4.69, 9.17) is 10.5 Å². The van der Waals surface area contributed by atoms with Gasteiger partial charge >= 0.3 is 0 Å². The summed E-state index contributed by atoms with van der Waals surface area (Å²) in [5.41, 5.74) is 5.92. The molecule has 0 atom stereocenters. The van der Waals surface area contributed by atoms with Crippen molar-refractivity contribution in [3.8, 4) is 0 Å². The van der Waals surface area contributed by atoms with Crippen LogP contribution in [0.5, 0.6) is 0 Å². The molecule has 2 N–H and O–H groups in total. The molecule has 0 bridgehead atoms. The van der Waals surface area contributed by atoms with Crippen LogP contribution in [0.1, 0.15) is 12.8 Å². The van der Waals surface area contributed by atoms with Crippen molar-refractivity contribution in [1.82, 2.24) is 4.57 Å². The summed E-state index contributed by atoms with van der Waals surface area (Å²) in [5.74, 6) is 0.524. The van der Waals surface area contributed by atoms with E-state index < -0.39 is 0 Å². The number of anilines is 1. The summed E-state index contributed by atoms with van der Waals surface area (Å²) in [5, 5.41) is 1.62. The van der Waals surface area contributed by atoms with Crippen LogP contribution in [0.15, 0.2) is 35.1 Å². The molecule has 0 aliphatic rings. The van der Waals surface area contributed by atoms with Crippen LogP contribution in [0.25, 0.3) is 10.8 Å². The van der Waals surface area contributed by atoms with E-state index >= 15 is 0 Å². The number of nitrogens with two attached hydrogens (primary N) is 1. The zero-order valence-electron chi connectivity index (χ0n) is 10.6. The molecule has 2 rings (SSSR count). The summed E-state index contributed by atoms with van der Waals surface area (Å²) >= 11 is 0. The fourth-order valence-corrected chi connectivity index (χ4v) is 2.06. The van der Waals surface area contributed by atoms with Crippen molar-refractivity contribution in [1.29, 1.82) is 0 Å². The second-order valence-corrected chi connectivity index (χ2v) is 4.31. The molecule has 1 aromatic carbocycles. The largest absolute Gasteiger partial charge is 0.385 e. The first-order valence-corrected chi connectivity index (χ1v) is 6.11. The third-order valence-electron chi connectivity index (χ3n) is 3.03. The van der Waals surface area contributed by atoms with Gasteiger partial charge in [0.2, 0.25) is 0 Å². The minimum Gasteiger partial charge on any atom is -0.385 e. The first kappa shape index (κ1) is 12.6. The normalized spacial score (nSPS) is 10.9. The predicted octanol–water partition coefficient (Wildman–Crippen LogP) is 2.01. The summed E-state index contributed by atoms with van der Waals surface area (Å²) in [7, 11) is 1.68. The van der Waals surface area contributed by atoms with Gasteiger partial charge < -0.3 is 10.5 Å². The number of hydrogen-bond donors (Lipinski definition) is 1. The molecule has 0 saturated heterocycles. The number of hydrogen-bond acceptors (Lipinski definition) is 3. The third-order valence-corrected chi connectivity index (χ3v) is 3.03. The topological polar surface area (TPSA) is 57.2 Å². The van der Waals surface area contributed by atoms with E-state index in [2.05, 4.69) is 0 Å². The SMILES string of the molecule is COCCCCn1c(N)cc2ccccc2c1=O. The Kier molecular flexibility index (Phi) is 3.99. The molecule has 0 saturated carbocycles. The van der Waals surface area contributed by atoms with Gasteiger partial charge in [-0.15, -0.1) is 0 Å². The molecular formula is C14H18N2O2. The number of nitrogens with zero attached hydrogens (tertiary/aromatic N) is 1. The highest BCUT2D eigenvalue weighted by atomic mass is 16.5. The highest BCUT2D eigenvalue weighted by Gasteiger charge is 2.06. The van der Waals surface area contributed by atoms with Crippen LogP contribution in [0.4, 0.5) is 5.82 Å². The molecule has 0 fully saturated rings. The minimum atomic E-state index is -0.0111. The highest BCUT2D eigenvalue weighted by Crippen LogP contribution is 2.13. The van der Waals surface area contributed by atoms with Crippen molar-refractivity contribution in [3.63, 3.8) is 0 Å². The average molecular weight is 246 g/mol. The quantitative estimate of drug-likeness (QED) is 0.821. The molecule has 0 spiro atoms. The van der Waals surface area contributed by atoms with Crippen molar-refractivity contribution in [2.24, 2.45) is 0 Å². The van der Waals surface area contributed by atoms with E-state index in [0.717, 1.165) is 23.6 Å². The Morgan fingerprint density at radius 3 is 2.83 bits per heavy atom. The van der Waals surface area contributed by atoms with Crippen LogP contribution in [-0.4, -0.2) is 18.3 Å². The van der Waals surface area contributed by atoms with Crippen LogP contribution >= 0.6 is 0 Å². The Balaban J connectivity index is 2.30. The summed E-state index contributed by atoms with van der Waals surface area (Å²) in [4.78, 5) is 12.3. The smallest absolute Gasteiger partial charge is 0.259 e. The Morgan fingerprint density at radius 1 is 1.28 bits per heavy atom. The maximum absolute atomic E-state index is 12.3. The second-order valence-electron chi connectivity index (χ2n) is 4.31. The number of ether oxygens (including phenoxy) is 1. The van der Waals surface area contributed by atoms with E-state index in [1.165, 1.54) is 0 Å². The molecule has 0 unspecified atom stereocenters. The van der Waals surface area contributed by atoms with E-state index in [0.29, 0.717) is 19.0 Å². The van der Waals surface area contributed by atoms with Gasteiger partial charge in [0.25, 0.3) is 5.56 Å². The summed E-state index contributed by atoms with van der Waals surface area (Å²) in [6.45, 7) is 1.35. The van der Waals surface area contributed by atoms with Gasteiger partial charge in [0.05, 0.1) is 0 Å². The number of rotatable bonds is 5. The van der Waals surface area contributed by atoms with E-state index in [1.54, 1.807) is 11.7 Å². The molecule has 0 radical (unpaired) electrons. The van der Waals surface area contributed by atoms with Crippen molar-refractivity contribution >= 4 is 16.6 Å². The van der Waals surface area contributed by atoms with Crippen molar-refractivity contribution in [2.75, 3.05) is 19.5 Å². The predicted molar refractivity (Wildman–Crippen MR) is 73.7 cm³/mol. The van der Waals surface area contributed by atoms with Crippen molar-refractivity contribution in [2.45, 2.75) is 19.4 Å². The van der Waals surface area contributed by atoms with Gasteiger partial charge in [-0.2, -0.15) is 0 Å². The summed E-state index contributed by atoms with van der Waals surface area (Å²) < 4.78 is 6.63. The lowest BCUT2D eigenvalue weighted by molar-refractivity contribution is 0.191. The fraction of sp³-hybridized carbons (Fsp3) is 0.357. The van der Waals surface area contributed by atoms with Gasteiger partial charge in [0.1, 0.15) is 5.82 Å². The molecule has 96 valence electrons. The molecule has 0 amide bonds. The molecule has 1 aromatic heterocycles. The second kappa shape index (κ2) is 5.69. The number of unbranched alkanes of at least 4 members (excludes halogenated alkanes) is 1. The van der Waals surface area contributed by atoms with Crippen LogP contribution in [0.2, 0.25) is 0 Å². The number of pyridine rings is 1. The average Bonchev–Trinajstić information content (AvgIpc) is 2.38. The molecule has 4 nitrogen and oxygen atoms in total. The molecule has 0 aliphatic heterocycles. The maximum atomic E-state index is 12.3. The Bertz CT molecular complexity index is 590. The van der Waals surface area contributed by atoms with Gasteiger partial charge in [0, 0.05) is 25.6 Å². The van der Waals surface area contributed by atoms with E-state index in [-0.39, 0.29) is 5.56 Å². The first-order chi connectivity index (χ1) is 8.74. The van der Waals surface area contributed by atoms with Gasteiger partial charge in [0.15, 0.2) is 0 Å². The molecular weight excluding hydrogens is 228 g/mol. The number of fused-ring (bicyclic) bond motifs is 1. The van der Waals surface area contributed by atoms with Crippen LogP contribution < -0.4 is 11.3 Å². The standard InChI is InChI=1S/C14H18N2O2/c1-18-9-5-4-8-16-13(15)10-11-6-2-3-7-12(11)14(16)17/h2-3,6-7,10H,4-5,8-9,15H2,1H3. The zero-order valence-corrected chi connectivity index (χ0v) is 10.6. The number of aromatic nitrogens is 1. The van der Waals surface area contributed by atoms with Crippen LogP contribution in [-0.2, 0) is 11.3 Å². The van der Waals surface area contributed by atoms with Crippen LogP contribution in [0.3, 0.4) is 0 Å². The molecule has 0 aliphatic carbocycles. The lowest BCUT2D eigenvalue weighted by Gasteiger charge is -2.11. The molecule has 1 heterocycles. The number of methoxy groups -OCH3 is 1. The zero-order chi connectivity index (χ0) is 13.0. The Morgan fingerprint density at radius 2 is 2.06 bits per heavy atom. The Hall–Kier alpha value is -1.81. The summed E-state index contributed by atoms with van der Waals surface area (Å²) in [6, 6.07) is 9.37. The third kappa shape index (κ3) is 2.54. The maximum Gasteiger partial charge on any atom is 0.259 e. The fourth-order valence-electron chi connectivity index (χ4n) is 2.06. The highest BCUT2D eigenvalue weighted by molar-refractivity contribution is 5.83. The van der Waals surface area contributed by atoms with Gasteiger partial charge in [-0.3, -0.25) is 9.36 Å².